The second kappa shape index (κ2) is 12.4. The number of aryl methyl sites for hydroxylation is 1. The summed E-state index contributed by atoms with van der Waals surface area (Å²) in [5.41, 5.74) is 3.04. The summed E-state index contributed by atoms with van der Waals surface area (Å²) in [6, 6.07) is 5.34. The fourth-order valence-corrected chi connectivity index (χ4v) is 1.94. The van der Waals surface area contributed by atoms with E-state index in [4.69, 9.17) is 0 Å². The maximum Gasteiger partial charge on any atom is 2.00 e. The van der Waals surface area contributed by atoms with Crippen molar-refractivity contribution < 1.29 is 35.5 Å². The van der Waals surface area contributed by atoms with Gasteiger partial charge in [0.05, 0.1) is 0 Å². The van der Waals surface area contributed by atoms with Crippen LogP contribution in [0, 0.1) is 36.9 Å². The Bertz CT molecular complexity index is 550. The van der Waals surface area contributed by atoms with E-state index in [1.165, 1.54) is 0 Å². The monoisotopic (exact) mass is 538 g/mol. The molecule has 0 amide bonds. The van der Waals surface area contributed by atoms with Gasteiger partial charge in [-0.2, -0.15) is 0 Å². The zero-order chi connectivity index (χ0) is 16.4. The molecule has 23 heavy (non-hydrogen) atoms. The maximum atomic E-state index is 14.0. The molecule has 1 aromatic rings. The Labute approximate surface area is 163 Å². The fourth-order valence-electron chi connectivity index (χ4n) is 1.94. The fraction of sp³-hybridized carbons (Fsp3) is 0.368. The molecular formula is C19H25FN2U. The summed E-state index contributed by atoms with van der Waals surface area (Å²) in [5.74, 6) is -0.214. The van der Waals surface area contributed by atoms with E-state index in [0.717, 1.165) is 17.7 Å². The van der Waals surface area contributed by atoms with Gasteiger partial charge < -0.3 is 10.6 Å². The van der Waals surface area contributed by atoms with Crippen molar-refractivity contribution in [2.75, 3.05) is 13.1 Å². The van der Waals surface area contributed by atoms with Gasteiger partial charge >= 0.3 is 31.1 Å². The first-order valence-corrected chi connectivity index (χ1v) is 7.76. The maximum absolute atomic E-state index is 14.0. The molecule has 0 aliphatic carbocycles. The van der Waals surface area contributed by atoms with Gasteiger partial charge in [-0.3, -0.25) is 0 Å². The molecule has 0 aliphatic heterocycles. The molecule has 0 heterocycles. The number of halogens is 1. The average Bonchev–Trinajstić information content (AvgIpc) is 2.52. The van der Waals surface area contributed by atoms with Crippen LogP contribution in [0.3, 0.4) is 0 Å². The van der Waals surface area contributed by atoms with Crippen LogP contribution in [0.15, 0.2) is 54.3 Å². The van der Waals surface area contributed by atoms with Crippen molar-refractivity contribution in [3.05, 3.63) is 76.3 Å². The molecule has 2 nitrogen and oxygen atoms in total. The van der Waals surface area contributed by atoms with E-state index >= 15 is 0 Å². The number of hydrogen-bond acceptors (Lipinski definition) is 0. The van der Waals surface area contributed by atoms with Crippen molar-refractivity contribution in [1.29, 1.82) is 0 Å². The number of nitrogens with zero attached hydrogens (tertiary/aromatic N) is 2. The molecule has 0 N–H and O–H groups in total. The molecule has 1 rings (SSSR count). The van der Waals surface area contributed by atoms with E-state index in [1.54, 1.807) is 12.1 Å². The smallest absolute Gasteiger partial charge is 0.685 e. The quantitative estimate of drug-likeness (QED) is 0.265. The van der Waals surface area contributed by atoms with E-state index in [1.807, 2.05) is 38.1 Å². The minimum absolute atomic E-state index is 0. The van der Waals surface area contributed by atoms with Gasteiger partial charge in [0.2, 0.25) is 0 Å². The third-order valence-corrected chi connectivity index (χ3v) is 3.26. The normalized spacial score (nSPS) is 11.2. The van der Waals surface area contributed by atoms with Crippen LogP contribution in [-0.4, -0.2) is 13.1 Å². The van der Waals surface area contributed by atoms with Gasteiger partial charge in [0.15, 0.2) is 0 Å². The summed E-state index contributed by atoms with van der Waals surface area (Å²) in [4.78, 5) is 0. The van der Waals surface area contributed by atoms with Crippen LogP contribution in [0.25, 0.3) is 10.6 Å². The zero-order valence-electron chi connectivity index (χ0n) is 14.3. The SMILES string of the molecule is C=C(/C=C(\C=C/C)[N-]CC[N-]c1cccc(CC)c1F)CC.[U+2]. The Hall–Kier alpha value is -0.978. The predicted molar refractivity (Wildman–Crippen MR) is 94.2 cm³/mol. The molecule has 0 aliphatic rings. The summed E-state index contributed by atoms with van der Waals surface area (Å²) >= 11 is 0. The first-order valence-electron chi connectivity index (χ1n) is 7.76. The van der Waals surface area contributed by atoms with Crippen LogP contribution in [-0.2, 0) is 6.42 Å². The largest absolute Gasteiger partial charge is 2.00 e. The average molecular weight is 538 g/mol. The van der Waals surface area contributed by atoms with Crippen LogP contribution in [0.2, 0.25) is 0 Å². The first-order chi connectivity index (χ1) is 10.6. The van der Waals surface area contributed by atoms with Crippen LogP contribution in [0.1, 0.15) is 32.8 Å². The standard InChI is InChI=1S/C19H25FN2.U/c1-5-9-17(14-15(4)6-2)21-12-13-22-18-11-8-10-16(7-3)19(18)20;/h5,8-11,14H,4,6-7,12-13H2,1-3H3;/q-2;+2/b9-5-,17-14+;. The summed E-state index contributed by atoms with van der Waals surface area (Å²) < 4.78 is 14.0. The van der Waals surface area contributed by atoms with Crippen molar-refractivity contribution in [3.63, 3.8) is 0 Å². The minimum Gasteiger partial charge on any atom is -0.685 e. The van der Waals surface area contributed by atoms with Crippen molar-refractivity contribution in [1.82, 2.24) is 0 Å². The molecule has 122 valence electrons. The van der Waals surface area contributed by atoms with Gasteiger partial charge in [-0.05, 0) is 25.3 Å². The molecule has 0 unspecified atom stereocenters. The number of hydrogen-bond donors (Lipinski definition) is 0. The minimum atomic E-state index is -0.214. The second-order valence-electron chi connectivity index (χ2n) is 4.95. The van der Waals surface area contributed by atoms with Crippen LogP contribution >= 0.6 is 0 Å². The predicted octanol–water partition coefficient (Wildman–Crippen LogP) is 6.19. The zero-order valence-corrected chi connectivity index (χ0v) is 18.4. The molecule has 0 saturated carbocycles. The molecule has 0 radical (unpaired) electrons. The Kier molecular flexibility index (Phi) is 11.9. The molecule has 0 fully saturated rings. The van der Waals surface area contributed by atoms with Crippen LogP contribution < -0.4 is 0 Å². The Morgan fingerprint density at radius 2 is 2.00 bits per heavy atom. The van der Waals surface area contributed by atoms with Crippen molar-refractivity contribution in [2.45, 2.75) is 33.6 Å². The van der Waals surface area contributed by atoms with Crippen LogP contribution in [0.4, 0.5) is 10.1 Å². The van der Waals surface area contributed by atoms with Gasteiger partial charge in [0.1, 0.15) is 5.82 Å². The number of rotatable bonds is 9. The summed E-state index contributed by atoms with van der Waals surface area (Å²) in [6.07, 6.45) is 7.43. The van der Waals surface area contributed by atoms with Gasteiger partial charge in [-0.25, -0.2) is 4.39 Å². The number of benzene rings is 1. The van der Waals surface area contributed by atoms with E-state index in [0.29, 0.717) is 30.8 Å². The van der Waals surface area contributed by atoms with Gasteiger partial charge in [-0.15, -0.1) is 24.5 Å². The van der Waals surface area contributed by atoms with E-state index in [-0.39, 0.29) is 36.9 Å². The molecule has 0 spiro atoms. The molecule has 4 heteroatoms. The Morgan fingerprint density at radius 1 is 1.26 bits per heavy atom. The van der Waals surface area contributed by atoms with Gasteiger partial charge in [0, 0.05) is 0 Å². The van der Waals surface area contributed by atoms with Crippen molar-refractivity contribution in [3.8, 4) is 0 Å². The molecule has 0 bridgehead atoms. The molecular weight excluding hydrogens is 513 g/mol. The molecule has 0 atom stereocenters. The first kappa shape index (κ1) is 22.0. The molecule has 0 saturated heterocycles. The number of allylic oxidation sites excluding steroid dienone is 4. The Balaban J connectivity index is 0.00000484. The summed E-state index contributed by atoms with van der Waals surface area (Å²) in [5, 5.41) is 8.79. The van der Waals surface area contributed by atoms with E-state index in [2.05, 4.69) is 24.1 Å². The third-order valence-electron chi connectivity index (χ3n) is 3.26. The summed E-state index contributed by atoms with van der Waals surface area (Å²) in [7, 11) is 0. The second-order valence-corrected chi connectivity index (χ2v) is 4.95. The van der Waals surface area contributed by atoms with Gasteiger partial charge in [0.25, 0.3) is 0 Å². The Morgan fingerprint density at radius 3 is 2.61 bits per heavy atom. The third kappa shape index (κ3) is 7.90. The van der Waals surface area contributed by atoms with E-state index < -0.39 is 0 Å². The van der Waals surface area contributed by atoms with Gasteiger partial charge in [-0.1, -0.05) is 62.4 Å². The van der Waals surface area contributed by atoms with Crippen molar-refractivity contribution in [2.24, 2.45) is 0 Å². The molecule has 1 aromatic carbocycles. The van der Waals surface area contributed by atoms with Crippen molar-refractivity contribution >= 4 is 5.69 Å². The van der Waals surface area contributed by atoms with E-state index in [9.17, 15) is 4.39 Å². The van der Waals surface area contributed by atoms with Crippen LogP contribution in [0.5, 0.6) is 0 Å². The topological polar surface area (TPSA) is 28.2 Å². The summed E-state index contributed by atoms with van der Waals surface area (Å²) in [6.45, 7) is 10.9. The molecule has 0 aromatic heterocycles.